The van der Waals surface area contributed by atoms with E-state index in [1.54, 1.807) is 7.11 Å². The number of rotatable bonds is 6. The van der Waals surface area contributed by atoms with E-state index in [1.807, 2.05) is 0 Å². The molecule has 0 saturated carbocycles. The van der Waals surface area contributed by atoms with E-state index in [9.17, 15) is 0 Å². The first-order valence-corrected chi connectivity index (χ1v) is 6.91. The molecule has 1 aromatic carbocycles. The number of hydrogen-bond donors (Lipinski definition) is 1. The molecule has 0 fully saturated rings. The lowest BCUT2D eigenvalue weighted by atomic mass is 9.98. The first kappa shape index (κ1) is 16.0. The molecule has 0 aliphatic carbocycles. The van der Waals surface area contributed by atoms with Crippen molar-refractivity contribution >= 4 is 0 Å². The molecule has 19 heavy (non-hydrogen) atoms. The second-order valence-electron chi connectivity index (χ2n) is 5.75. The summed E-state index contributed by atoms with van der Waals surface area (Å²) >= 11 is 0. The Labute approximate surface area is 118 Å². The predicted octanol–water partition coefficient (Wildman–Crippen LogP) is 2.91. The molecule has 1 rings (SSSR count). The topological polar surface area (TPSA) is 24.5 Å². The maximum absolute atomic E-state index is 5.61. The molecule has 1 unspecified atom stereocenters. The van der Waals surface area contributed by atoms with E-state index in [1.165, 1.54) is 16.7 Å². The van der Waals surface area contributed by atoms with Gasteiger partial charge in [-0.15, -0.1) is 0 Å². The zero-order chi connectivity index (χ0) is 14.6. The van der Waals surface area contributed by atoms with E-state index in [0.29, 0.717) is 12.1 Å². The zero-order valence-electron chi connectivity index (χ0n) is 13.4. The van der Waals surface area contributed by atoms with Crippen LogP contribution in [0, 0.1) is 13.8 Å². The van der Waals surface area contributed by atoms with Gasteiger partial charge in [0.2, 0.25) is 0 Å². The number of benzene rings is 1. The van der Waals surface area contributed by atoms with Crippen LogP contribution in [0.3, 0.4) is 0 Å². The molecule has 0 radical (unpaired) electrons. The molecule has 3 nitrogen and oxygen atoms in total. The van der Waals surface area contributed by atoms with Crippen molar-refractivity contribution in [2.75, 3.05) is 27.7 Å². The summed E-state index contributed by atoms with van der Waals surface area (Å²) in [6, 6.07) is 5.21. The third kappa shape index (κ3) is 4.22. The van der Waals surface area contributed by atoms with Crippen LogP contribution in [0.5, 0.6) is 5.75 Å². The Hall–Kier alpha value is -1.06. The van der Waals surface area contributed by atoms with Crippen LogP contribution in [0.1, 0.15) is 36.6 Å². The third-order valence-electron chi connectivity index (χ3n) is 3.35. The van der Waals surface area contributed by atoms with E-state index in [0.717, 1.165) is 12.3 Å². The molecule has 0 saturated heterocycles. The van der Waals surface area contributed by atoms with Crippen LogP contribution in [-0.4, -0.2) is 38.7 Å². The van der Waals surface area contributed by atoms with Crippen molar-refractivity contribution in [1.82, 2.24) is 10.2 Å². The Bertz CT molecular complexity index is 413. The van der Waals surface area contributed by atoms with Gasteiger partial charge in [-0.05, 0) is 33.5 Å². The van der Waals surface area contributed by atoms with Crippen LogP contribution < -0.4 is 10.1 Å². The van der Waals surface area contributed by atoms with Gasteiger partial charge in [0.25, 0.3) is 0 Å². The number of hydrogen-bond acceptors (Lipinski definition) is 3. The fourth-order valence-corrected chi connectivity index (χ4v) is 2.43. The summed E-state index contributed by atoms with van der Waals surface area (Å²) in [6.07, 6.45) is 0. The molecule has 1 atom stereocenters. The minimum atomic E-state index is 0.316. The van der Waals surface area contributed by atoms with Crippen molar-refractivity contribution in [2.45, 2.75) is 39.8 Å². The van der Waals surface area contributed by atoms with Gasteiger partial charge < -0.3 is 15.0 Å². The molecule has 0 bridgehead atoms. The Morgan fingerprint density at radius 2 is 1.84 bits per heavy atom. The molecule has 0 spiro atoms. The van der Waals surface area contributed by atoms with E-state index in [2.05, 4.69) is 64.1 Å². The molecule has 3 heteroatoms. The van der Waals surface area contributed by atoms with Crippen LogP contribution in [0.15, 0.2) is 12.1 Å². The molecule has 1 N–H and O–H groups in total. The standard InChI is InChI=1S/C16H28N2O/c1-11(2)17-10-15(18(5)6)14-9-12(3)8-13(4)16(14)19-7/h8-9,11,15,17H,10H2,1-7H3. The number of aryl methyl sites for hydroxylation is 2. The van der Waals surface area contributed by atoms with Crippen LogP contribution in [0.2, 0.25) is 0 Å². The smallest absolute Gasteiger partial charge is 0.126 e. The molecule has 0 amide bonds. The van der Waals surface area contributed by atoms with Gasteiger partial charge in [0, 0.05) is 18.2 Å². The van der Waals surface area contributed by atoms with Gasteiger partial charge in [0.1, 0.15) is 5.75 Å². The molecule has 0 heterocycles. The van der Waals surface area contributed by atoms with E-state index < -0.39 is 0 Å². The van der Waals surface area contributed by atoms with E-state index in [4.69, 9.17) is 4.74 Å². The summed E-state index contributed by atoms with van der Waals surface area (Å²) in [4.78, 5) is 2.24. The maximum Gasteiger partial charge on any atom is 0.126 e. The summed E-state index contributed by atoms with van der Waals surface area (Å²) < 4.78 is 5.61. The fourth-order valence-electron chi connectivity index (χ4n) is 2.43. The monoisotopic (exact) mass is 264 g/mol. The lowest BCUT2D eigenvalue weighted by molar-refractivity contribution is 0.274. The largest absolute Gasteiger partial charge is 0.496 e. The normalized spacial score (nSPS) is 13.1. The number of methoxy groups -OCH3 is 1. The number of nitrogens with zero attached hydrogens (tertiary/aromatic N) is 1. The van der Waals surface area contributed by atoms with Crippen molar-refractivity contribution < 1.29 is 4.74 Å². The molecule has 1 aromatic rings. The van der Waals surface area contributed by atoms with Gasteiger partial charge in [-0.25, -0.2) is 0 Å². The first-order valence-electron chi connectivity index (χ1n) is 6.91. The Balaban J connectivity index is 3.14. The lowest BCUT2D eigenvalue weighted by Crippen LogP contribution is -2.34. The molecule has 0 aromatic heterocycles. The number of nitrogens with one attached hydrogen (secondary N) is 1. The minimum absolute atomic E-state index is 0.316. The van der Waals surface area contributed by atoms with Crippen LogP contribution >= 0.6 is 0 Å². The Kier molecular flexibility index (Phi) is 5.83. The lowest BCUT2D eigenvalue weighted by Gasteiger charge is -2.28. The Morgan fingerprint density at radius 1 is 1.21 bits per heavy atom. The average Bonchev–Trinajstić information content (AvgIpc) is 2.27. The van der Waals surface area contributed by atoms with Crippen molar-refractivity contribution in [3.63, 3.8) is 0 Å². The summed E-state index contributed by atoms with van der Waals surface area (Å²) in [5.74, 6) is 1.01. The zero-order valence-corrected chi connectivity index (χ0v) is 13.4. The van der Waals surface area contributed by atoms with Crippen molar-refractivity contribution in [3.8, 4) is 5.75 Å². The molecular weight excluding hydrogens is 236 g/mol. The van der Waals surface area contributed by atoms with Crippen molar-refractivity contribution in [3.05, 3.63) is 28.8 Å². The van der Waals surface area contributed by atoms with Gasteiger partial charge in [0.05, 0.1) is 13.2 Å². The highest BCUT2D eigenvalue weighted by Crippen LogP contribution is 2.32. The SMILES string of the molecule is COc1c(C)cc(C)cc1C(CNC(C)C)N(C)C. The third-order valence-corrected chi connectivity index (χ3v) is 3.35. The van der Waals surface area contributed by atoms with Crippen LogP contribution in [0.4, 0.5) is 0 Å². The fraction of sp³-hybridized carbons (Fsp3) is 0.625. The summed E-state index contributed by atoms with van der Waals surface area (Å²) in [6.45, 7) is 9.51. The van der Waals surface area contributed by atoms with Crippen molar-refractivity contribution in [1.29, 1.82) is 0 Å². The minimum Gasteiger partial charge on any atom is -0.496 e. The van der Waals surface area contributed by atoms with Crippen LogP contribution in [-0.2, 0) is 0 Å². The quantitative estimate of drug-likeness (QED) is 0.855. The second kappa shape index (κ2) is 6.92. The van der Waals surface area contributed by atoms with Gasteiger partial charge in [-0.2, -0.15) is 0 Å². The summed E-state index contributed by atoms with van der Waals surface area (Å²) in [7, 11) is 5.98. The average molecular weight is 264 g/mol. The highest BCUT2D eigenvalue weighted by molar-refractivity contribution is 5.45. The first-order chi connectivity index (χ1) is 8.86. The number of likely N-dealkylation sites (N-methyl/N-ethyl adjacent to an activating group) is 1. The van der Waals surface area contributed by atoms with E-state index >= 15 is 0 Å². The maximum atomic E-state index is 5.61. The van der Waals surface area contributed by atoms with Gasteiger partial charge in [-0.3, -0.25) is 0 Å². The molecular formula is C16H28N2O. The van der Waals surface area contributed by atoms with Gasteiger partial charge in [-0.1, -0.05) is 31.5 Å². The molecule has 0 aliphatic heterocycles. The highest BCUT2D eigenvalue weighted by Gasteiger charge is 2.20. The summed E-state index contributed by atoms with van der Waals surface area (Å²) in [5, 5.41) is 3.52. The predicted molar refractivity (Wildman–Crippen MR) is 82.0 cm³/mol. The number of ether oxygens (including phenoxy) is 1. The summed E-state index contributed by atoms with van der Waals surface area (Å²) in [5.41, 5.74) is 3.75. The van der Waals surface area contributed by atoms with Gasteiger partial charge in [0.15, 0.2) is 0 Å². The van der Waals surface area contributed by atoms with Crippen LogP contribution in [0.25, 0.3) is 0 Å². The molecule has 108 valence electrons. The van der Waals surface area contributed by atoms with E-state index in [-0.39, 0.29) is 0 Å². The second-order valence-corrected chi connectivity index (χ2v) is 5.75. The van der Waals surface area contributed by atoms with Gasteiger partial charge >= 0.3 is 0 Å². The Morgan fingerprint density at radius 3 is 2.32 bits per heavy atom. The van der Waals surface area contributed by atoms with Crippen molar-refractivity contribution in [2.24, 2.45) is 0 Å². The molecule has 0 aliphatic rings. The highest BCUT2D eigenvalue weighted by atomic mass is 16.5.